The number of rotatable bonds is 5. The Labute approximate surface area is 133 Å². The highest BCUT2D eigenvalue weighted by atomic mass is 16.6. The van der Waals surface area contributed by atoms with E-state index in [0.717, 1.165) is 0 Å². The summed E-state index contributed by atoms with van der Waals surface area (Å²) >= 11 is 0. The molecule has 1 heterocycles. The number of aromatic nitrogens is 1. The van der Waals surface area contributed by atoms with Gasteiger partial charge in [0.1, 0.15) is 5.75 Å². The molecule has 0 saturated heterocycles. The lowest BCUT2D eigenvalue weighted by Crippen LogP contribution is -2.37. The van der Waals surface area contributed by atoms with E-state index in [-0.39, 0.29) is 5.69 Å². The summed E-state index contributed by atoms with van der Waals surface area (Å²) in [7, 11) is 1.52. The maximum Gasteiger partial charge on any atom is 0.405 e. The molecule has 2 aromatic rings. The second kappa shape index (κ2) is 7.26. The van der Waals surface area contributed by atoms with Crippen LogP contribution < -0.4 is 14.8 Å². The topological polar surface area (TPSA) is 91.6 Å². The van der Waals surface area contributed by atoms with Crippen molar-refractivity contribution in [2.45, 2.75) is 13.0 Å². The number of ether oxygens (including phenoxy) is 2. The molecule has 0 aliphatic carbocycles. The van der Waals surface area contributed by atoms with E-state index in [4.69, 9.17) is 9.47 Å². The monoisotopic (exact) mass is 316 g/mol. The van der Waals surface area contributed by atoms with E-state index in [2.05, 4.69) is 5.32 Å². The Bertz CT molecular complexity index is 717. The Kier molecular flexibility index (Phi) is 5.14. The normalized spacial score (nSPS) is 11.4. The van der Waals surface area contributed by atoms with Crippen molar-refractivity contribution in [3.05, 3.63) is 59.6 Å². The van der Waals surface area contributed by atoms with E-state index < -0.39 is 18.0 Å². The number of benzene rings is 1. The van der Waals surface area contributed by atoms with Gasteiger partial charge in [-0.25, -0.2) is 4.79 Å². The van der Waals surface area contributed by atoms with Crippen LogP contribution in [0, 0.1) is 5.21 Å². The first-order valence-corrected chi connectivity index (χ1v) is 6.85. The van der Waals surface area contributed by atoms with E-state index >= 15 is 0 Å². The summed E-state index contributed by atoms with van der Waals surface area (Å²) in [5, 5.41) is 14.1. The molecule has 7 heteroatoms. The lowest BCUT2D eigenvalue weighted by molar-refractivity contribution is -0.608. The van der Waals surface area contributed by atoms with Gasteiger partial charge in [-0.15, -0.1) is 0 Å². The average Bonchev–Trinajstić information content (AvgIpc) is 2.55. The average molecular weight is 316 g/mol. The summed E-state index contributed by atoms with van der Waals surface area (Å²) < 4.78 is 10.4. The minimum absolute atomic E-state index is 0.187. The predicted octanol–water partition coefficient (Wildman–Crippen LogP) is 1.51. The van der Waals surface area contributed by atoms with Crippen molar-refractivity contribution >= 4 is 17.6 Å². The molecule has 0 spiro atoms. The summed E-state index contributed by atoms with van der Waals surface area (Å²) in [4.78, 5) is 23.9. The summed E-state index contributed by atoms with van der Waals surface area (Å²) in [6.45, 7) is 1.42. The summed E-state index contributed by atoms with van der Waals surface area (Å²) in [5.74, 6) is -0.794. The Morgan fingerprint density at radius 2 is 2.00 bits per heavy atom. The van der Waals surface area contributed by atoms with Gasteiger partial charge in [0.15, 0.2) is 12.3 Å². The molecule has 0 saturated carbocycles. The first kappa shape index (κ1) is 16.3. The molecule has 2 rings (SSSR count). The number of anilines is 1. The van der Waals surface area contributed by atoms with Crippen molar-refractivity contribution in [1.82, 2.24) is 0 Å². The lowest BCUT2D eigenvalue weighted by atomic mass is 10.2. The zero-order chi connectivity index (χ0) is 16.8. The van der Waals surface area contributed by atoms with E-state index in [9.17, 15) is 14.8 Å². The number of amides is 1. The second-order valence-electron chi connectivity index (χ2n) is 4.68. The number of methoxy groups -OCH3 is 1. The fraction of sp³-hybridized carbons (Fsp3) is 0.188. The van der Waals surface area contributed by atoms with Crippen molar-refractivity contribution < 1.29 is 23.8 Å². The number of pyridine rings is 1. The Morgan fingerprint density at radius 1 is 1.22 bits per heavy atom. The number of nitrogens with one attached hydrogen (secondary N) is 1. The second-order valence-corrected chi connectivity index (χ2v) is 4.68. The zero-order valence-corrected chi connectivity index (χ0v) is 12.7. The van der Waals surface area contributed by atoms with Crippen molar-refractivity contribution in [3.63, 3.8) is 0 Å². The first-order chi connectivity index (χ1) is 11.0. The van der Waals surface area contributed by atoms with E-state index in [0.29, 0.717) is 16.2 Å². The van der Waals surface area contributed by atoms with E-state index in [1.807, 2.05) is 0 Å². The Balaban J connectivity index is 1.99. The van der Waals surface area contributed by atoms with Crippen LogP contribution in [0.1, 0.15) is 17.4 Å². The molecule has 120 valence electrons. The van der Waals surface area contributed by atoms with Gasteiger partial charge >= 0.3 is 11.7 Å². The fourth-order valence-electron chi connectivity index (χ4n) is 1.81. The van der Waals surface area contributed by atoms with Crippen LogP contribution in [0.25, 0.3) is 0 Å². The van der Waals surface area contributed by atoms with Crippen LogP contribution in [0.2, 0.25) is 0 Å². The molecule has 0 radical (unpaired) electrons. The molecule has 23 heavy (non-hydrogen) atoms. The highest BCUT2D eigenvalue weighted by Gasteiger charge is 2.23. The van der Waals surface area contributed by atoms with Gasteiger partial charge < -0.3 is 20.0 Å². The van der Waals surface area contributed by atoms with Crippen molar-refractivity contribution in [3.8, 4) is 5.75 Å². The molecular weight excluding hydrogens is 300 g/mol. The number of hydrogen-bond acceptors (Lipinski definition) is 5. The molecule has 0 aliphatic heterocycles. The number of hydrogen-bond donors (Lipinski definition) is 1. The number of carbonyl (C=O) groups excluding carboxylic acids is 2. The first-order valence-electron chi connectivity index (χ1n) is 6.85. The standard InChI is InChI=1S/C16H16N2O5/c1-11(23-16(20)14-8-3-4-9-18(14)21)15(19)17-12-6-5-7-13(10-12)22-2/h3-11H,1-2H3,(H,17,19)/t11-/m0/s1. The van der Waals surface area contributed by atoms with Crippen LogP contribution in [-0.2, 0) is 9.53 Å². The maximum atomic E-state index is 12.0. The number of esters is 1. The van der Waals surface area contributed by atoms with E-state index in [1.54, 1.807) is 24.3 Å². The van der Waals surface area contributed by atoms with Gasteiger partial charge in [-0.1, -0.05) is 6.07 Å². The highest BCUT2D eigenvalue weighted by Crippen LogP contribution is 2.17. The Morgan fingerprint density at radius 3 is 2.70 bits per heavy atom. The largest absolute Gasteiger partial charge is 0.618 e. The highest BCUT2D eigenvalue weighted by molar-refractivity contribution is 5.96. The molecule has 0 aliphatic rings. The number of carbonyl (C=O) groups is 2. The molecule has 1 aromatic carbocycles. The van der Waals surface area contributed by atoms with Crippen molar-refractivity contribution in [2.75, 3.05) is 12.4 Å². The lowest BCUT2D eigenvalue weighted by Gasteiger charge is -2.13. The molecule has 1 amide bonds. The van der Waals surface area contributed by atoms with Crippen LogP contribution in [-0.4, -0.2) is 25.1 Å². The van der Waals surface area contributed by atoms with Crippen LogP contribution in [0.4, 0.5) is 5.69 Å². The van der Waals surface area contributed by atoms with Gasteiger partial charge in [0.2, 0.25) is 0 Å². The molecule has 7 nitrogen and oxygen atoms in total. The van der Waals surface area contributed by atoms with Gasteiger partial charge in [0.05, 0.1) is 7.11 Å². The van der Waals surface area contributed by atoms with Gasteiger partial charge in [0, 0.05) is 23.9 Å². The third-order valence-corrected chi connectivity index (χ3v) is 3.02. The molecule has 1 atom stereocenters. The smallest absolute Gasteiger partial charge is 0.405 e. The predicted molar refractivity (Wildman–Crippen MR) is 81.9 cm³/mol. The van der Waals surface area contributed by atoms with Gasteiger partial charge in [-0.3, -0.25) is 4.79 Å². The molecule has 1 aromatic heterocycles. The molecular formula is C16H16N2O5. The maximum absolute atomic E-state index is 12.0. The van der Waals surface area contributed by atoms with Gasteiger partial charge in [0.25, 0.3) is 5.91 Å². The molecule has 1 N–H and O–H groups in total. The number of nitrogens with zero attached hydrogens (tertiary/aromatic N) is 1. The zero-order valence-electron chi connectivity index (χ0n) is 12.7. The van der Waals surface area contributed by atoms with Gasteiger partial charge in [-0.05, 0) is 25.1 Å². The minimum Gasteiger partial charge on any atom is -0.618 e. The third-order valence-electron chi connectivity index (χ3n) is 3.02. The third kappa shape index (κ3) is 4.19. The molecule has 0 fully saturated rings. The van der Waals surface area contributed by atoms with Crippen LogP contribution in [0.3, 0.4) is 0 Å². The summed E-state index contributed by atoms with van der Waals surface area (Å²) in [6, 6.07) is 11.1. The Hall–Kier alpha value is -3.09. The van der Waals surface area contributed by atoms with Crippen molar-refractivity contribution in [2.24, 2.45) is 0 Å². The fourth-order valence-corrected chi connectivity index (χ4v) is 1.81. The minimum atomic E-state index is -1.06. The SMILES string of the molecule is COc1cccc(NC(=O)[C@H](C)OC(=O)c2cccc[n+]2[O-])c1. The van der Waals surface area contributed by atoms with Crippen LogP contribution in [0.5, 0.6) is 5.75 Å². The summed E-state index contributed by atoms with van der Waals surface area (Å²) in [5.41, 5.74) is 0.323. The quantitative estimate of drug-likeness (QED) is 0.513. The van der Waals surface area contributed by atoms with E-state index in [1.165, 1.54) is 38.4 Å². The summed E-state index contributed by atoms with van der Waals surface area (Å²) in [6.07, 6.45) is 0.117. The van der Waals surface area contributed by atoms with Crippen LogP contribution in [0.15, 0.2) is 48.7 Å². The van der Waals surface area contributed by atoms with Crippen molar-refractivity contribution in [1.29, 1.82) is 0 Å². The van der Waals surface area contributed by atoms with Crippen LogP contribution >= 0.6 is 0 Å². The van der Waals surface area contributed by atoms with Gasteiger partial charge in [-0.2, -0.15) is 4.73 Å². The molecule has 0 bridgehead atoms. The molecule has 0 unspecified atom stereocenters.